The van der Waals surface area contributed by atoms with Crippen molar-refractivity contribution in [2.45, 2.75) is 26.2 Å². The van der Waals surface area contributed by atoms with E-state index in [1.807, 2.05) is 25.1 Å². The quantitative estimate of drug-likeness (QED) is 0.345. The Morgan fingerprint density at radius 3 is 2.46 bits per heavy atom. The first-order valence-electron chi connectivity index (χ1n) is 8.48. The van der Waals surface area contributed by atoms with Gasteiger partial charge < -0.3 is 9.47 Å². The molecule has 0 saturated heterocycles. The molecule has 0 fully saturated rings. The first kappa shape index (κ1) is 16.3. The van der Waals surface area contributed by atoms with Crippen molar-refractivity contribution in [2.24, 2.45) is 0 Å². The highest BCUT2D eigenvalue weighted by Crippen LogP contribution is 2.30. The lowest BCUT2D eigenvalue weighted by Crippen LogP contribution is -2.05. The van der Waals surface area contributed by atoms with E-state index in [0.29, 0.717) is 19.6 Å². The van der Waals surface area contributed by atoms with Crippen LogP contribution in [0, 0.1) is 0 Å². The second-order valence-electron chi connectivity index (χ2n) is 5.79. The van der Waals surface area contributed by atoms with Crippen molar-refractivity contribution in [3.63, 3.8) is 0 Å². The number of hydrogen-bond acceptors (Lipinski definition) is 3. The molecule has 0 N–H and O–H groups in total. The van der Waals surface area contributed by atoms with Crippen LogP contribution < -0.4 is 4.74 Å². The Labute approximate surface area is 142 Å². The molecule has 0 amide bonds. The van der Waals surface area contributed by atoms with E-state index in [9.17, 15) is 4.79 Å². The topological polar surface area (TPSA) is 35.5 Å². The molecule has 0 bridgehead atoms. The molecular weight excluding hydrogens is 300 g/mol. The number of ether oxygens (including phenoxy) is 2. The van der Waals surface area contributed by atoms with Crippen LogP contribution in [-0.2, 0) is 9.53 Å². The average molecular weight is 322 g/mol. The molecule has 0 aliphatic rings. The third-order valence-corrected chi connectivity index (χ3v) is 4.04. The summed E-state index contributed by atoms with van der Waals surface area (Å²) < 4.78 is 10.9. The summed E-state index contributed by atoms with van der Waals surface area (Å²) in [7, 11) is 0. The summed E-state index contributed by atoms with van der Waals surface area (Å²) >= 11 is 0. The number of carbonyl (C=O) groups is 1. The van der Waals surface area contributed by atoms with Gasteiger partial charge >= 0.3 is 5.97 Å². The van der Waals surface area contributed by atoms with Crippen LogP contribution in [0.3, 0.4) is 0 Å². The minimum atomic E-state index is -0.130. The van der Waals surface area contributed by atoms with Gasteiger partial charge in [0.2, 0.25) is 0 Å². The molecule has 0 radical (unpaired) electrons. The Morgan fingerprint density at radius 1 is 0.917 bits per heavy atom. The summed E-state index contributed by atoms with van der Waals surface area (Å²) in [4.78, 5) is 11.3. The molecule has 0 aromatic heterocycles. The fraction of sp³-hybridized carbons (Fsp3) is 0.286. The zero-order valence-electron chi connectivity index (χ0n) is 14.0. The molecule has 0 atom stereocenters. The first-order chi connectivity index (χ1) is 11.8. The maximum absolute atomic E-state index is 11.3. The summed E-state index contributed by atoms with van der Waals surface area (Å²) in [6, 6.07) is 18.8. The van der Waals surface area contributed by atoms with Gasteiger partial charge in [-0.1, -0.05) is 36.4 Å². The third-order valence-electron chi connectivity index (χ3n) is 4.04. The second kappa shape index (κ2) is 7.82. The third kappa shape index (κ3) is 3.85. The van der Waals surface area contributed by atoms with E-state index in [4.69, 9.17) is 9.47 Å². The monoisotopic (exact) mass is 322 g/mol. The van der Waals surface area contributed by atoms with Gasteiger partial charge in [-0.2, -0.15) is 0 Å². The van der Waals surface area contributed by atoms with E-state index in [2.05, 4.69) is 36.4 Å². The van der Waals surface area contributed by atoms with Crippen LogP contribution in [0.15, 0.2) is 54.6 Å². The van der Waals surface area contributed by atoms with Crippen LogP contribution in [0.4, 0.5) is 0 Å². The van der Waals surface area contributed by atoms with Gasteiger partial charge in [-0.15, -0.1) is 0 Å². The van der Waals surface area contributed by atoms with Crippen LogP contribution in [0.25, 0.3) is 21.5 Å². The average Bonchev–Trinajstić information content (AvgIpc) is 2.60. The minimum Gasteiger partial charge on any atom is -0.493 e. The van der Waals surface area contributed by atoms with Crippen LogP contribution in [0.5, 0.6) is 5.75 Å². The molecule has 3 aromatic rings. The minimum absolute atomic E-state index is 0.130. The predicted octanol–water partition coefficient (Wildman–Crippen LogP) is 5.11. The van der Waals surface area contributed by atoms with Crippen molar-refractivity contribution in [3.05, 3.63) is 54.6 Å². The van der Waals surface area contributed by atoms with Crippen LogP contribution in [-0.4, -0.2) is 19.2 Å². The van der Waals surface area contributed by atoms with Crippen LogP contribution in [0.1, 0.15) is 26.2 Å². The van der Waals surface area contributed by atoms with Gasteiger partial charge in [0.15, 0.2) is 0 Å². The maximum Gasteiger partial charge on any atom is 0.305 e. The van der Waals surface area contributed by atoms with E-state index >= 15 is 0 Å². The summed E-state index contributed by atoms with van der Waals surface area (Å²) in [5.74, 6) is 0.767. The molecule has 3 nitrogen and oxygen atoms in total. The van der Waals surface area contributed by atoms with Crippen molar-refractivity contribution >= 4 is 27.5 Å². The largest absolute Gasteiger partial charge is 0.493 e. The Balaban J connectivity index is 1.66. The lowest BCUT2D eigenvalue weighted by molar-refractivity contribution is -0.143. The van der Waals surface area contributed by atoms with E-state index in [1.165, 1.54) is 16.2 Å². The van der Waals surface area contributed by atoms with E-state index in [-0.39, 0.29) is 5.97 Å². The lowest BCUT2D eigenvalue weighted by Gasteiger charge is -2.10. The van der Waals surface area contributed by atoms with Gasteiger partial charge in [0.25, 0.3) is 0 Å². The molecule has 0 spiro atoms. The van der Waals surface area contributed by atoms with E-state index < -0.39 is 0 Å². The van der Waals surface area contributed by atoms with Gasteiger partial charge in [0.1, 0.15) is 5.75 Å². The van der Waals surface area contributed by atoms with Crippen molar-refractivity contribution in [1.29, 1.82) is 0 Å². The first-order valence-corrected chi connectivity index (χ1v) is 8.48. The smallest absolute Gasteiger partial charge is 0.305 e. The Bertz CT molecular complexity index is 839. The standard InChI is InChI=1S/C21H22O3/c1-2-23-21(22)12-5-6-13-24-20-11-7-10-18-14-16-8-3-4-9-17(16)15-19(18)20/h3-4,7-11,14-15H,2,5-6,12-13H2,1H3. The molecule has 0 heterocycles. The molecule has 3 aromatic carbocycles. The summed E-state index contributed by atoms with van der Waals surface area (Å²) in [5.41, 5.74) is 0. The van der Waals surface area contributed by atoms with E-state index in [0.717, 1.165) is 24.0 Å². The summed E-state index contributed by atoms with van der Waals surface area (Å²) in [6.07, 6.45) is 2.08. The SMILES string of the molecule is CCOC(=O)CCCCOc1cccc2cc3ccccc3cc12. The zero-order chi connectivity index (χ0) is 16.8. The number of rotatable bonds is 7. The molecule has 0 unspecified atom stereocenters. The van der Waals surface area contributed by atoms with Gasteiger partial charge in [-0.3, -0.25) is 4.79 Å². The van der Waals surface area contributed by atoms with Crippen molar-refractivity contribution in [2.75, 3.05) is 13.2 Å². The van der Waals surface area contributed by atoms with Gasteiger partial charge in [0, 0.05) is 11.8 Å². The second-order valence-corrected chi connectivity index (χ2v) is 5.79. The van der Waals surface area contributed by atoms with Crippen molar-refractivity contribution in [3.8, 4) is 5.75 Å². The zero-order valence-corrected chi connectivity index (χ0v) is 14.0. The maximum atomic E-state index is 11.3. The van der Waals surface area contributed by atoms with E-state index in [1.54, 1.807) is 0 Å². The molecule has 3 rings (SSSR count). The molecule has 0 aliphatic carbocycles. The number of esters is 1. The fourth-order valence-corrected chi connectivity index (χ4v) is 2.85. The van der Waals surface area contributed by atoms with Crippen LogP contribution in [0.2, 0.25) is 0 Å². The highest BCUT2D eigenvalue weighted by molar-refractivity contribution is 6.00. The number of hydrogen-bond donors (Lipinski definition) is 0. The lowest BCUT2D eigenvalue weighted by atomic mass is 10.0. The van der Waals surface area contributed by atoms with Crippen LogP contribution >= 0.6 is 0 Å². The molecule has 0 saturated carbocycles. The molecule has 24 heavy (non-hydrogen) atoms. The molecule has 3 heteroatoms. The van der Waals surface area contributed by atoms with Gasteiger partial charge in [0.05, 0.1) is 13.2 Å². The Kier molecular flexibility index (Phi) is 5.32. The number of unbranched alkanes of at least 4 members (excludes halogenated alkanes) is 1. The fourth-order valence-electron chi connectivity index (χ4n) is 2.85. The molecule has 124 valence electrons. The normalized spacial score (nSPS) is 10.9. The van der Waals surface area contributed by atoms with Gasteiger partial charge in [-0.25, -0.2) is 0 Å². The number of benzene rings is 3. The molecule has 0 aliphatic heterocycles. The Hall–Kier alpha value is -2.55. The highest BCUT2D eigenvalue weighted by atomic mass is 16.5. The predicted molar refractivity (Wildman–Crippen MR) is 97.4 cm³/mol. The summed E-state index contributed by atoms with van der Waals surface area (Å²) in [5, 5.41) is 4.75. The van der Waals surface area contributed by atoms with Crippen molar-refractivity contribution in [1.82, 2.24) is 0 Å². The van der Waals surface area contributed by atoms with Crippen molar-refractivity contribution < 1.29 is 14.3 Å². The Morgan fingerprint density at radius 2 is 1.67 bits per heavy atom. The highest BCUT2D eigenvalue weighted by Gasteiger charge is 2.05. The summed E-state index contributed by atoms with van der Waals surface area (Å²) in [6.45, 7) is 2.87. The molecular formula is C21H22O3. The number of fused-ring (bicyclic) bond motifs is 2. The number of carbonyl (C=O) groups excluding carboxylic acids is 1. The van der Waals surface area contributed by atoms with Gasteiger partial charge in [-0.05, 0) is 54.1 Å².